The molecule has 1 unspecified atom stereocenters. The lowest BCUT2D eigenvalue weighted by Crippen LogP contribution is -2.06. The second kappa shape index (κ2) is 12.2. The van der Waals surface area contributed by atoms with Gasteiger partial charge in [0.05, 0.1) is 6.61 Å². The zero-order valence-corrected chi connectivity index (χ0v) is 18.1. The molecule has 0 aliphatic heterocycles. The first-order valence-corrected chi connectivity index (χ1v) is 12.4. The van der Waals surface area contributed by atoms with E-state index >= 15 is 0 Å². The predicted molar refractivity (Wildman–Crippen MR) is 117 cm³/mol. The van der Waals surface area contributed by atoms with Crippen molar-refractivity contribution in [3.8, 4) is 11.5 Å². The van der Waals surface area contributed by atoms with Crippen LogP contribution in [0, 0.1) is 6.92 Å². The SMILES string of the molecule is CCCCCCCCCOP(=S)(Oc1ccccc1)Oc1ccc(C)cc1. The van der Waals surface area contributed by atoms with Crippen LogP contribution in [-0.4, -0.2) is 6.61 Å². The van der Waals surface area contributed by atoms with E-state index in [2.05, 4.69) is 6.92 Å². The van der Waals surface area contributed by atoms with Crippen LogP contribution in [0.5, 0.6) is 11.5 Å². The Morgan fingerprint density at radius 3 is 1.93 bits per heavy atom. The van der Waals surface area contributed by atoms with E-state index in [1.165, 1.54) is 37.7 Å². The molecule has 0 fully saturated rings. The highest BCUT2D eigenvalue weighted by Crippen LogP contribution is 2.50. The quantitative estimate of drug-likeness (QED) is 0.255. The molecular weight excluding hydrogens is 375 g/mol. The van der Waals surface area contributed by atoms with Crippen LogP contribution in [0.3, 0.4) is 0 Å². The number of rotatable bonds is 13. The molecule has 5 heteroatoms. The summed E-state index contributed by atoms with van der Waals surface area (Å²) in [7, 11) is 0. The van der Waals surface area contributed by atoms with Crippen LogP contribution >= 0.6 is 6.72 Å². The van der Waals surface area contributed by atoms with Gasteiger partial charge in [0, 0.05) is 11.8 Å². The molecule has 0 bridgehead atoms. The fourth-order valence-corrected chi connectivity index (χ4v) is 4.64. The Morgan fingerprint density at radius 1 is 0.741 bits per heavy atom. The molecule has 1 atom stereocenters. The van der Waals surface area contributed by atoms with Crippen LogP contribution in [0.25, 0.3) is 0 Å². The van der Waals surface area contributed by atoms with Crippen molar-refractivity contribution in [2.75, 3.05) is 6.61 Å². The average Bonchev–Trinajstić information content (AvgIpc) is 2.66. The van der Waals surface area contributed by atoms with Gasteiger partial charge in [-0.3, -0.25) is 4.52 Å². The van der Waals surface area contributed by atoms with Gasteiger partial charge in [-0.1, -0.05) is 81.3 Å². The fourth-order valence-electron chi connectivity index (χ4n) is 2.65. The van der Waals surface area contributed by atoms with Gasteiger partial charge in [-0.05, 0) is 37.6 Å². The minimum Gasteiger partial charge on any atom is -0.416 e. The number of benzene rings is 2. The van der Waals surface area contributed by atoms with E-state index in [0.29, 0.717) is 18.1 Å². The third-order valence-electron chi connectivity index (χ3n) is 4.20. The summed E-state index contributed by atoms with van der Waals surface area (Å²) in [6.45, 7) is 1.92. The first kappa shape index (κ1) is 21.9. The molecule has 0 saturated carbocycles. The first-order valence-electron chi connectivity index (χ1n) is 9.87. The summed E-state index contributed by atoms with van der Waals surface area (Å²) < 4.78 is 18.0. The molecule has 0 aromatic heterocycles. The summed E-state index contributed by atoms with van der Waals surface area (Å²) in [6, 6.07) is 17.3. The molecule has 0 spiro atoms. The maximum Gasteiger partial charge on any atom is 0.434 e. The molecule has 2 aromatic rings. The van der Waals surface area contributed by atoms with Gasteiger partial charge in [0.25, 0.3) is 0 Å². The van der Waals surface area contributed by atoms with Crippen LogP contribution in [0.1, 0.15) is 57.4 Å². The largest absolute Gasteiger partial charge is 0.434 e. The zero-order valence-electron chi connectivity index (χ0n) is 16.4. The third-order valence-corrected chi connectivity index (χ3v) is 6.33. The molecule has 0 saturated heterocycles. The van der Waals surface area contributed by atoms with Crippen molar-refractivity contribution < 1.29 is 13.6 Å². The normalized spacial score (nSPS) is 13.1. The standard InChI is InChI=1S/C22H31O3PS/c1-3-4-5-6-7-8-12-19-23-26(27,24-21-13-10-9-11-14-21)25-22-17-15-20(2)16-18-22/h9-11,13-18H,3-8,12,19H2,1-2H3. The van der Waals surface area contributed by atoms with Gasteiger partial charge in [0.2, 0.25) is 0 Å². The van der Waals surface area contributed by atoms with E-state index in [1.807, 2.05) is 61.5 Å². The molecule has 0 N–H and O–H groups in total. The lowest BCUT2D eigenvalue weighted by Gasteiger charge is -2.23. The van der Waals surface area contributed by atoms with Crippen molar-refractivity contribution in [2.45, 2.75) is 58.8 Å². The van der Waals surface area contributed by atoms with Crippen LogP contribution in [0.15, 0.2) is 54.6 Å². The zero-order chi connectivity index (χ0) is 19.4. The van der Waals surface area contributed by atoms with Gasteiger partial charge >= 0.3 is 6.72 Å². The summed E-state index contributed by atoms with van der Waals surface area (Å²) in [4.78, 5) is 0. The number of aryl methyl sites for hydroxylation is 1. The number of hydrogen-bond acceptors (Lipinski definition) is 4. The number of hydrogen-bond donors (Lipinski definition) is 0. The lowest BCUT2D eigenvalue weighted by molar-refractivity contribution is 0.255. The van der Waals surface area contributed by atoms with Crippen molar-refractivity contribution in [3.05, 3.63) is 60.2 Å². The highest BCUT2D eigenvalue weighted by atomic mass is 32.5. The molecule has 0 radical (unpaired) electrons. The molecule has 2 aromatic carbocycles. The summed E-state index contributed by atoms with van der Waals surface area (Å²) >= 11 is 5.68. The van der Waals surface area contributed by atoms with Gasteiger partial charge in [-0.2, -0.15) is 0 Å². The number of para-hydroxylation sites is 1. The third kappa shape index (κ3) is 8.92. The molecule has 0 amide bonds. The maximum absolute atomic E-state index is 6.00. The Labute approximate surface area is 169 Å². The van der Waals surface area contributed by atoms with E-state index < -0.39 is 6.72 Å². The molecule has 0 aliphatic rings. The van der Waals surface area contributed by atoms with Crippen LogP contribution < -0.4 is 9.05 Å². The van der Waals surface area contributed by atoms with Crippen molar-refractivity contribution in [1.82, 2.24) is 0 Å². The topological polar surface area (TPSA) is 27.7 Å². The molecular formula is C22H31O3PS. The monoisotopic (exact) mass is 406 g/mol. The van der Waals surface area contributed by atoms with Crippen LogP contribution in [0.2, 0.25) is 0 Å². The molecule has 0 aliphatic carbocycles. The Bertz CT molecular complexity index is 688. The van der Waals surface area contributed by atoms with Crippen molar-refractivity contribution >= 4 is 18.5 Å². The van der Waals surface area contributed by atoms with Gasteiger partial charge in [-0.15, -0.1) is 0 Å². The highest BCUT2D eigenvalue weighted by molar-refractivity contribution is 8.07. The van der Waals surface area contributed by atoms with E-state index in [4.69, 9.17) is 25.4 Å². The maximum atomic E-state index is 6.00. The molecule has 3 nitrogen and oxygen atoms in total. The minimum atomic E-state index is -2.91. The van der Waals surface area contributed by atoms with Crippen LogP contribution in [0.4, 0.5) is 0 Å². The van der Waals surface area contributed by atoms with Crippen molar-refractivity contribution in [2.24, 2.45) is 0 Å². The van der Waals surface area contributed by atoms with Crippen molar-refractivity contribution in [3.63, 3.8) is 0 Å². The molecule has 0 heterocycles. The van der Waals surface area contributed by atoms with E-state index in [9.17, 15) is 0 Å². The van der Waals surface area contributed by atoms with Gasteiger partial charge in [0.15, 0.2) is 0 Å². The fraction of sp³-hybridized carbons (Fsp3) is 0.455. The van der Waals surface area contributed by atoms with E-state index in [1.54, 1.807) is 0 Å². The van der Waals surface area contributed by atoms with Gasteiger partial charge in [-0.25, -0.2) is 0 Å². The van der Waals surface area contributed by atoms with Gasteiger partial charge in [0.1, 0.15) is 11.5 Å². The smallest absolute Gasteiger partial charge is 0.416 e. The average molecular weight is 407 g/mol. The van der Waals surface area contributed by atoms with Crippen molar-refractivity contribution in [1.29, 1.82) is 0 Å². The second-order valence-corrected chi connectivity index (χ2v) is 9.57. The minimum absolute atomic E-state index is 0.559. The summed E-state index contributed by atoms with van der Waals surface area (Å²) in [5.41, 5.74) is 1.17. The Hall–Kier alpha value is -1.35. The first-order chi connectivity index (χ1) is 13.1. The van der Waals surface area contributed by atoms with E-state index in [-0.39, 0.29) is 0 Å². The second-order valence-electron chi connectivity index (χ2n) is 6.71. The molecule has 2 rings (SSSR count). The van der Waals surface area contributed by atoms with Gasteiger partial charge < -0.3 is 9.05 Å². The Kier molecular flexibility index (Phi) is 9.90. The Morgan fingerprint density at radius 2 is 1.30 bits per heavy atom. The van der Waals surface area contributed by atoms with Crippen LogP contribution in [-0.2, 0) is 16.3 Å². The highest BCUT2D eigenvalue weighted by Gasteiger charge is 2.24. The summed E-state index contributed by atoms with van der Waals surface area (Å²) in [5.74, 6) is 1.35. The lowest BCUT2D eigenvalue weighted by atomic mass is 10.1. The predicted octanol–water partition coefficient (Wildman–Crippen LogP) is 7.44. The molecule has 27 heavy (non-hydrogen) atoms. The number of unbranched alkanes of at least 4 members (excludes halogenated alkanes) is 6. The Balaban J connectivity index is 1.89. The molecule has 148 valence electrons. The summed E-state index contributed by atoms with van der Waals surface area (Å²) in [6.07, 6.45) is 8.58. The summed E-state index contributed by atoms with van der Waals surface area (Å²) in [5, 5.41) is 0. The van der Waals surface area contributed by atoms with E-state index in [0.717, 1.165) is 12.8 Å².